The third kappa shape index (κ3) is 3.01. The lowest BCUT2D eigenvalue weighted by molar-refractivity contribution is 0.520. The number of hydrogen-bond acceptors (Lipinski definition) is 2. The highest BCUT2D eigenvalue weighted by Crippen LogP contribution is 2.25. The summed E-state index contributed by atoms with van der Waals surface area (Å²) in [6.07, 6.45) is 2.74. The van der Waals surface area contributed by atoms with E-state index in [4.69, 9.17) is 0 Å². The summed E-state index contributed by atoms with van der Waals surface area (Å²) in [5.74, 6) is -0.180. The molecule has 0 bridgehead atoms. The standard InChI is InChI=1S/C15H20FN3/c1-4-8-17-15(14-7-9-18-19(14)3)12-10-11(2)5-6-13(12)16/h5-7,9-10,15,17H,4,8H2,1-3H3. The number of aryl methyl sites for hydroxylation is 2. The van der Waals surface area contributed by atoms with Crippen LogP contribution in [0.1, 0.15) is 36.2 Å². The summed E-state index contributed by atoms with van der Waals surface area (Å²) in [6, 6.07) is 6.98. The van der Waals surface area contributed by atoms with Crippen LogP contribution < -0.4 is 5.32 Å². The monoisotopic (exact) mass is 261 g/mol. The molecule has 1 unspecified atom stereocenters. The molecule has 4 heteroatoms. The van der Waals surface area contributed by atoms with Crippen LogP contribution in [-0.2, 0) is 7.05 Å². The number of nitrogens with zero attached hydrogens (tertiary/aromatic N) is 2. The molecule has 1 aromatic heterocycles. The Morgan fingerprint density at radius 3 is 2.79 bits per heavy atom. The molecular formula is C15H20FN3. The maximum atomic E-state index is 14.1. The van der Waals surface area contributed by atoms with Crippen molar-refractivity contribution in [3.63, 3.8) is 0 Å². The van der Waals surface area contributed by atoms with E-state index in [0.29, 0.717) is 5.56 Å². The van der Waals surface area contributed by atoms with Gasteiger partial charge in [-0.25, -0.2) is 4.39 Å². The van der Waals surface area contributed by atoms with Gasteiger partial charge in [0.2, 0.25) is 0 Å². The second-order valence-electron chi connectivity index (χ2n) is 4.79. The Bertz CT molecular complexity index is 548. The molecule has 0 spiro atoms. The molecule has 0 aliphatic heterocycles. The van der Waals surface area contributed by atoms with Crippen LogP contribution in [-0.4, -0.2) is 16.3 Å². The molecule has 2 aromatic rings. The lowest BCUT2D eigenvalue weighted by atomic mass is 10.0. The van der Waals surface area contributed by atoms with Crippen molar-refractivity contribution in [3.05, 3.63) is 53.1 Å². The van der Waals surface area contributed by atoms with Crippen molar-refractivity contribution in [1.82, 2.24) is 15.1 Å². The first-order valence-electron chi connectivity index (χ1n) is 6.60. The quantitative estimate of drug-likeness (QED) is 0.896. The van der Waals surface area contributed by atoms with Gasteiger partial charge in [-0.1, -0.05) is 24.6 Å². The fourth-order valence-corrected chi connectivity index (χ4v) is 2.21. The van der Waals surface area contributed by atoms with Crippen LogP contribution in [0.3, 0.4) is 0 Å². The van der Waals surface area contributed by atoms with Crippen LogP contribution in [0.25, 0.3) is 0 Å². The van der Waals surface area contributed by atoms with E-state index in [0.717, 1.165) is 24.2 Å². The van der Waals surface area contributed by atoms with Gasteiger partial charge in [-0.3, -0.25) is 4.68 Å². The number of aromatic nitrogens is 2. The van der Waals surface area contributed by atoms with Crippen molar-refractivity contribution in [2.75, 3.05) is 6.54 Å². The van der Waals surface area contributed by atoms with Crippen molar-refractivity contribution in [3.8, 4) is 0 Å². The van der Waals surface area contributed by atoms with E-state index in [2.05, 4.69) is 17.3 Å². The average molecular weight is 261 g/mol. The molecule has 0 saturated carbocycles. The number of rotatable bonds is 5. The molecular weight excluding hydrogens is 241 g/mol. The maximum absolute atomic E-state index is 14.1. The first-order valence-corrected chi connectivity index (χ1v) is 6.60. The number of halogens is 1. The first-order chi connectivity index (χ1) is 9.13. The fraction of sp³-hybridized carbons (Fsp3) is 0.400. The third-order valence-corrected chi connectivity index (χ3v) is 3.22. The lowest BCUT2D eigenvalue weighted by Crippen LogP contribution is -2.26. The summed E-state index contributed by atoms with van der Waals surface area (Å²) < 4.78 is 15.9. The highest BCUT2D eigenvalue weighted by atomic mass is 19.1. The van der Waals surface area contributed by atoms with Gasteiger partial charge in [0.15, 0.2) is 0 Å². The maximum Gasteiger partial charge on any atom is 0.128 e. The zero-order chi connectivity index (χ0) is 13.8. The molecule has 0 amide bonds. The molecule has 1 aromatic carbocycles. The van der Waals surface area contributed by atoms with Crippen molar-refractivity contribution < 1.29 is 4.39 Å². The molecule has 0 aliphatic carbocycles. The SMILES string of the molecule is CCCNC(c1cc(C)ccc1F)c1ccnn1C. The Balaban J connectivity index is 2.42. The van der Waals surface area contributed by atoms with E-state index in [1.807, 2.05) is 26.1 Å². The molecule has 0 saturated heterocycles. The number of benzene rings is 1. The molecule has 3 nitrogen and oxygen atoms in total. The Labute approximate surface area is 113 Å². The molecule has 1 N–H and O–H groups in total. The van der Waals surface area contributed by atoms with E-state index < -0.39 is 0 Å². The van der Waals surface area contributed by atoms with E-state index in [1.54, 1.807) is 16.9 Å². The summed E-state index contributed by atoms with van der Waals surface area (Å²) in [4.78, 5) is 0. The van der Waals surface area contributed by atoms with E-state index >= 15 is 0 Å². The largest absolute Gasteiger partial charge is 0.305 e. The Hall–Kier alpha value is -1.68. The highest BCUT2D eigenvalue weighted by Gasteiger charge is 2.20. The van der Waals surface area contributed by atoms with Gasteiger partial charge in [-0.05, 0) is 32.0 Å². The predicted octanol–water partition coefficient (Wildman–Crippen LogP) is 2.96. The van der Waals surface area contributed by atoms with Crippen molar-refractivity contribution in [2.24, 2.45) is 7.05 Å². The molecule has 0 aliphatic rings. The van der Waals surface area contributed by atoms with Crippen molar-refractivity contribution in [2.45, 2.75) is 26.3 Å². The minimum absolute atomic E-state index is 0.160. The number of nitrogens with one attached hydrogen (secondary N) is 1. The van der Waals surface area contributed by atoms with Crippen molar-refractivity contribution >= 4 is 0 Å². The summed E-state index contributed by atoms with van der Waals surface area (Å²) >= 11 is 0. The smallest absolute Gasteiger partial charge is 0.128 e. The molecule has 19 heavy (non-hydrogen) atoms. The molecule has 0 radical (unpaired) electrons. The Kier molecular flexibility index (Phi) is 4.32. The second kappa shape index (κ2) is 5.97. The summed E-state index contributed by atoms with van der Waals surface area (Å²) in [7, 11) is 1.88. The van der Waals surface area contributed by atoms with Crippen LogP contribution in [0.4, 0.5) is 4.39 Å². The molecule has 1 atom stereocenters. The average Bonchev–Trinajstić information content (AvgIpc) is 2.80. The van der Waals surface area contributed by atoms with Gasteiger partial charge >= 0.3 is 0 Å². The van der Waals surface area contributed by atoms with Gasteiger partial charge in [0.05, 0.1) is 11.7 Å². The van der Waals surface area contributed by atoms with Crippen LogP contribution in [0, 0.1) is 12.7 Å². The zero-order valence-electron chi connectivity index (χ0n) is 11.7. The third-order valence-electron chi connectivity index (χ3n) is 3.22. The molecule has 1 heterocycles. The van der Waals surface area contributed by atoms with Gasteiger partial charge in [0.1, 0.15) is 5.82 Å². The normalized spacial score (nSPS) is 12.6. The van der Waals surface area contributed by atoms with E-state index in [1.165, 1.54) is 6.07 Å². The topological polar surface area (TPSA) is 29.9 Å². The van der Waals surface area contributed by atoms with Crippen LogP contribution in [0.15, 0.2) is 30.5 Å². The van der Waals surface area contributed by atoms with Gasteiger partial charge in [0, 0.05) is 18.8 Å². The predicted molar refractivity (Wildman–Crippen MR) is 74.5 cm³/mol. The number of hydrogen-bond donors (Lipinski definition) is 1. The van der Waals surface area contributed by atoms with Crippen LogP contribution in [0.2, 0.25) is 0 Å². The molecule has 102 valence electrons. The van der Waals surface area contributed by atoms with Gasteiger partial charge in [0.25, 0.3) is 0 Å². The molecule has 2 rings (SSSR count). The minimum atomic E-state index is -0.180. The lowest BCUT2D eigenvalue weighted by Gasteiger charge is -2.20. The van der Waals surface area contributed by atoms with Gasteiger partial charge < -0.3 is 5.32 Å². The Morgan fingerprint density at radius 2 is 2.16 bits per heavy atom. The van der Waals surface area contributed by atoms with Crippen LogP contribution >= 0.6 is 0 Å². The highest BCUT2D eigenvalue weighted by molar-refractivity contribution is 5.32. The van der Waals surface area contributed by atoms with Crippen LogP contribution in [0.5, 0.6) is 0 Å². The zero-order valence-corrected chi connectivity index (χ0v) is 11.7. The summed E-state index contributed by atoms with van der Waals surface area (Å²) in [6.45, 7) is 4.91. The Morgan fingerprint density at radius 1 is 1.37 bits per heavy atom. The minimum Gasteiger partial charge on any atom is -0.305 e. The van der Waals surface area contributed by atoms with E-state index in [9.17, 15) is 4.39 Å². The van der Waals surface area contributed by atoms with E-state index in [-0.39, 0.29) is 11.9 Å². The second-order valence-corrected chi connectivity index (χ2v) is 4.79. The summed E-state index contributed by atoms with van der Waals surface area (Å²) in [5, 5.41) is 7.57. The van der Waals surface area contributed by atoms with Gasteiger partial charge in [-0.2, -0.15) is 5.10 Å². The molecule has 0 fully saturated rings. The van der Waals surface area contributed by atoms with Gasteiger partial charge in [-0.15, -0.1) is 0 Å². The fourth-order valence-electron chi connectivity index (χ4n) is 2.21. The summed E-state index contributed by atoms with van der Waals surface area (Å²) in [5.41, 5.74) is 2.71. The van der Waals surface area contributed by atoms with Crippen molar-refractivity contribution in [1.29, 1.82) is 0 Å². The first kappa shape index (κ1) is 13.7.